The second-order valence-corrected chi connectivity index (χ2v) is 4.32. The highest BCUT2D eigenvalue weighted by molar-refractivity contribution is 5.81. The van der Waals surface area contributed by atoms with E-state index in [2.05, 4.69) is 0 Å². The van der Waals surface area contributed by atoms with Crippen molar-refractivity contribution >= 4 is 12.3 Å². The molecule has 0 saturated carbocycles. The minimum atomic E-state index is -1.86. The molecule has 0 aliphatic rings. The zero-order valence-electron chi connectivity index (χ0n) is 9.85. The predicted molar refractivity (Wildman–Crippen MR) is 61.0 cm³/mol. The highest BCUT2D eigenvalue weighted by Crippen LogP contribution is 2.24. The normalized spacial score (nSPS) is 12.9. The molecular weight excluding hydrogens is 223 g/mol. The fourth-order valence-electron chi connectivity index (χ4n) is 1.19. The Morgan fingerprint density at radius 1 is 1.41 bits per heavy atom. The number of alkyl halides is 1. The number of carbonyl (C=O) groups excluding carboxylic acids is 2. The summed E-state index contributed by atoms with van der Waals surface area (Å²) in [7, 11) is 0. The van der Waals surface area contributed by atoms with Crippen LogP contribution in [0.5, 0.6) is 0 Å². The summed E-state index contributed by atoms with van der Waals surface area (Å²) in [6, 6.07) is 9.08. The zero-order chi connectivity index (χ0) is 12.9. The highest BCUT2D eigenvalue weighted by atomic mass is 19.1. The number of halogens is 1. The van der Waals surface area contributed by atoms with Gasteiger partial charge in [0.1, 0.15) is 12.0 Å². The van der Waals surface area contributed by atoms with Crippen LogP contribution in [0.25, 0.3) is 0 Å². The molecule has 0 aliphatic heterocycles. The third-order valence-corrected chi connectivity index (χ3v) is 2.55. The Bertz CT molecular complexity index is 387. The Morgan fingerprint density at radius 2 is 2.00 bits per heavy atom. The summed E-state index contributed by atoms with van der Waals surface area (Å²) in [5.74, 6) is -0.721. The summed E-state index contributed by atoms with van der Waals surface area (Å²) < 4.78 is 18.2. The average Bonchev–Trinajstić information content (AvgIpc) is 2.35. The summed E-state index contributed by atoms with van der Waals surface area (Å²) >= 11 is 0. The van der Waals surface area contributed by atoms with Gasteiger partial charge in [0, 0.05) is 0 Å². The lowest BCUT2D eigenvalue weighted by atomic mass is 9.88. The monoisotopic (exact) mass is 238 g/mol. The highest BCUT2D eigenvalue weighted by Gasteiger charge is 2.38. The van der Waals surface area contributed by atoms with E-state index in [1.54, 1.807) is 12.1 Å². The van der Waals surface area contributed by atoms with Gasteiger partial charge in [-0.3, -0.25) is 4.79 Å². The minimum absolute atomic E-state index is 0.0781. The maximum absolute atomic E-state index is 13.2. The number of hydrogen-bond acceptors (Lipinski definition) is 3. The molecule has 0 spiro atoms. The summed E-state index contributed by atoms with van der Waals surface area (Å²) in [5, 5.41) is 0. The molecule has 1 aromatic rings. The number of hydrogen-bond donors (Lipinski definition) is 0. The number of rotatable bonds is 5. The molecule has 1 unspecified atom stereocenters. The van der Waals surface area contributed by atoms with Gasteiger partial charge in [0.25, 0.3) is 0 Å². The number of esters is 1. The third kappa shape index (κ3) is 3.37. The van der Waals surface area contributed by atoms with Crippen molar-refractivity contribution in [3.8, 4) is 0 Å². The van der Waals surface area contributed by atoms with E-state index in [0.29, 0.717) is 0 Å². The Hall–Kier alpha value is -1.71. The molecule has 0 saturated heterocycles. The Kier molecular flexibility index (Phi) is 4.37. The van der Waals surface area contributed by atoms with Crippen molar-refractivity contribution < 1.29 is 18.7 Å². The summed E-state index contributed by atoms with van der Waals surface area (Å²) in [6.07, 6.45) is -1.74. The van der Waals surface area contributed by atoms with Crippen molar-refractivity contribution in [3.63, 3.8) is 0 Å². The van der Waals surface area contributed by atoms with E-state index in [0.717, 1.165) is 5.56 Å². The molecule has 0 aliphatic carbocycles. The van der Waals surface area contributed by atoms with Crippen LogP contribution >= 0.6 is 0 Å². The van der Waals surface area contributed by atoms with Gasteiger partial charge in [-0.25, -0.2) is 4.39 Å². The van der Waals surface area contributed by atoms with Gasteiger partial charge in [0.15, 0.2) is 12.5 Å². The molecule has 92 valence electrons. The molecule has 1 aromatic carbocycles. The molecule has 0 fully saturated rings. The minimum Gasteiger partial charge on any atom is -0.460 e. The van der Waals surface area contributed by atoms with Gasteiger partial charge in [-0.1, -0.05) is 30.3 Å². The molecule has 1 atom stereocenters. The van der Waals surface area contributed by atoms with Crippen LogP contribution < -0.4 is 0 Å². The van der Waals surface area contributed by atoms with E-state index in [9.17, 15) is 14.0 Å². The lowest BCUT2D eigenvalue weighted by Crippen LogP contribution is -2.36. The third-order valence-electron chi connectivity index (χ3n) is 2.55. The molecule has 0 radical (unpaired) electrons. The first-order valence-corrected chi connectivity index (χ1v) is 5.29. The Labute approximate surface area is 99.6 Å². The van der Waals surface area contributed by atoms with E-state index < -0.39 is 17.6 Å². The van der Waals surface area contributed by atoms with Crippen molar-refractivity contribution in [2.24, 2.45) is 5.41 Å². The van der Waals surface area contributed by atoms with Gasteiger partial charge in [-0.05, 0) is 19.4 Å². The standard InChI is InChI=1S/C13H15FO3/c1-13(2,11(14)8-15)12(16)17-9-10-6-4-3-5-7-10/h3-8,11H,9H2,1-2H3. The first-order valence-electron chi connectivity index (χ1n) is 5.29. The summed E-state index contributed by atoms with van der Waals surface area (Å²) in [6.45, 7) is 2.77. The van der Waals surface area contributed by atoms with Crippen molar-refractivity contribution in [2.45, 2.75) is 26.6 Å². The number of carbonyl (C=O) groups is 2. The fourth-order valence-corrected chi connectivity index (χ4v) is 1.19. The maximum atomic E-state index is 13.2. The summed E-state index contributed by atoms with van der Waals surface area (Å²) in [5.41, 5.74) is -0.630. The smallest absolute Gasteiger partial charge is 0.315 e. The van der Waals surface area contributed by atoms with E-state index in [1.807, 2.05) is 18.2 Å². The molecule has 0 bridgehead atoms. The van der Waals surface area contributed by atoms with Gasteiger partial charge in [-0.15, -0.1) is 0 Å². The Balaban J connectivity index is 2.58. The molecule has 0 aromatic heterocycles. The van der Waals surface area contributed by atoms with Crippen molar-refractivity contribution in [2.75, 3.05) is 0 Å². The lowest BCUT2D eigenvalue weighted by Gasteiger charge is -2.22. The Morgan fingerprint density at radius 3 is 2.53 bits per heavy atom. The van der Waals surface area contributed by atoms with E-state index in [1.165, 1.54) is 13.8 Å². The van der Waals surface area contributed by atoms with Crippen LogP contribution in [-0.4, -0.2) is 18.4 Å². The van der Waals surface area contributed by atoms with E-state index >= 15 is 0 Å². The van der Waals surface area contributed by atoms with Crippen LogP contribution in [0, 0.1) is 5.41 Å². The number of ether oxygens (including phenoxy) is 1. The van der Waals surface area contributed by atoms with Crippen molar-refractivity contribution in [3.05, 3.63) is 35.9 Å². The SMILES string of the molecule is CC(C)(C(=O)OCc1ccccc1)C(F)C=O. The second kappa shape index (κ2) is 5.57. The second-order valence-electron chi connectivity index (χ2n) is 4.32. The maximum Gasteiger partial charge on any atom is 0.315 e. The average molecular weight is 238 g/mol. The van der Waals surface area contributed by atoms with Crippen molar-refractivity contribution in [1.29, 1.82) is 0 Å². The van der Waals surface area contributed by atoms with Gasteiger partial charge < -0.3 is 9.53 Å². The zero-order valence-corrected chi connectivity index (χ0v) is 9.85. The van der Waals surface area contributed by atoms with Gasteiger partial charge in [0.05, 0.1) is 0 Å². The molecule has 17 heavy (non-hydrogen) atoms. The first kappa shape index (κ1) is 13.4. The van der Waals surface area contributed by atoms with Gasteiger partial charge in [0.2, 0.25) is 0 Å². The van der Waals surface area contributed by atoms with Crippen LogP contribution in [0.1, 0.15) is 19.4 Å². The van der Waals surface area contributed by atoms with Gasteiger partial charge in [-0.2, -0.15) is 0 Å². The number of benzene rings is 1. The van der Waals surface area contributed by atoms with Crippen LogP contribution in [-0.2, 0) is 20.9 Å². The predicted octanol–water partition coefficient (Wildman–Crippen LogP) is 2.29. The first-order chi connectivity index (χ1) is 7.98. The molecular formula is C13H15FO3. The molecule has 1 rings (SSSR count). The number of aldehydes is 1. The molecule has 0 N–H and O–H groups in total. The molecule has 3 nitrogen and oxygen atoms in total. The summed E-state index contributed by atoms with van der Waals surface area (Å²) in [4.78, 5) is 22.0. The molecule has 0 heterocycles. The van der Waals surface area contributed by atoms with Crippen LogP contribution in [0.4, 0.5) is 4.39 Å². The molecule has 4 heteroatoms. The quantitative estimate of drug-likeness (QED) is 0.584. The van der Waals surface area contributed by atoms with E-state index in [-0.39, 0.29) is 12.9 Å². The van der Waals surface area contributed by atoms with Gasteiger partial charge >= 0.3 is 5.97 Å². The van der Waals surface area contributed by atoms with Crippen LogP contribution in [0.15, 0.2) is 30.3 Å². The molecule has 0 amide bonds. The lowest BCUT2D eigenvalue weighted by molar-refractivity contribution is -0.160. The van der Waals surface area contributed by atoms with Crippen molar-refractivity contribution in [1.82, 2.24) is 0 Å². The van der Waals surface area contributed by atoms with Crippen LogP contribution in [0.3, 0.4) is 0 Å². The van der Waals surface area contributed by atoms with E-state index in [4.69, 9.17) is 4.74 Å². The fraction of sp³-hybridized carbons (Fsp3) is 0.385. The van der Waals surface area contributed by atoms with Crippen LogP contribution in [0.2, 0.25) is 0 Å². The topological polar surface area (TPSA) is 43.4 Å². The largest absolute Gasteiger partial charge is 0.460 e.